The molecule has 7 heteroatoms. The molecule has 1 atom stereocenters. The van der Waals surface area contributed by atoms with E-state index in [-0.39, 0.29) is 30.0 Å². The number of hydrogen-bond acceptors (Lipinski definition) is 4. The maximum absolute atomic E-state index is 12.4. The fourth-order valence-corrected chi connectivity index (χ4v) is 3.73. The van der Waals surface area contributed by atoms with Crippen molar-refractivity contribution in [2.45, 2.75) is 58.2 Å². The Labute approximate surface area is 134 Å². The van der Waals surface area contributed by atoms with Gasteiger partial charge in [-0.15, -0.1) is 0 Å². The normalized spacial score (nSPS) is 22.3. The van der Waals surface area contributed by atoms with Crippen LogP contribution in [0.15, 0.2) is 15.8 Å². The molecule has 1 aromatic rings. The van der Waals surface area contributed by atoms with Crippen LogP contribution in [0.4, 0.5) is 0 Å². The van der Waals surface area contributed by atoms with Crippen molar-refractivity contribution in [2.75, 3.05) is 6.54 Å². The summed E-state index contributed by atoms with van der Waals surface area (Å²) < 4.78 is 1.46. The van der Waals surface area contributed by atoms with Gasteiger partial charge in [-0.1, -0.05) is 12.8 Å². The number of rotatable bonds is 4. The zero-order valence-corrected chi connectivity index (χ0v) is 13.6. The van der Waals surface area contributed by atoms with Gasteiger partial charge in [-0.25, -0.2) is 4.79 Å². The number of aromatic nitrogens is 2. The molecule has 1 aliphatic carbocycles. The lowest BCUT2D eigenvalue weighted by molar-refractivity contribution is -0.130. The topological polar surface area (TPSA) is 96.0 Å². The van der Waals surface area contributed by atoms with E-state index in [0.717, 1.165) is 19.4 Å². The summed E-state index contributed by atoms with van der Waals surface area (Å²) in [5.74, 6) is -0.0557. The molecule has 2 heterocycles. The largest absolute Gasteiger partial charge is 0.350 e. The molecule has 1 saturated heterocycles. The van der Waals surface area contributed by atoms with Gasteiger partial charge in [-0.3, -0.25) is 19.1 Å². The van der Waals surface area contributed by atoms with Gasteiger partial charge in [0.1, 0.15) is 0 Å². The predicted octanol–water partition coefficient (Wildman–Crippen LogP) is 0.266. The van der Waals surface area contributed by atoms with E-state index < -0.39 is 11.2 Å². The maximum atomic E-state index is 12.4. The van der Waals surface area contributed by atoms with Crippen LogP contribution in [0.1, 0.15) is 51.1 Å². The molecule has 1 spiro atoms. The number of carbonyl (C=O) groups excluding carboxylic acids is 1. The predicted molar refractivity (Wildman–Crippen MR) is 86.2 cm³/mol. The van der Waals surface area contributed by atoms with E-state index in [2.05, 4.69) is 15.6 Å². The van der Waals surface area contributed by atoms with E-state index in [1.54, 1.807) is 0 Å². The maximum Gasteiger partial charge on any atom is 0.328 e. The minimum atomic E-state index is -0.440. The number of nitrogens with one attached hydrogen (secondary N) is 3. The summed E-state index contributed by atoms with van der Waals surface area (Å²) in [6.45, 7) is 4.77. The van der Waals surface area contributed by atoms with E-state index in [4.69, 9.17) is 0 Å². The molecule has 0 bridgehead atoms. The Kier molecular flexibility index (Phi) is 4.14. The number of aromatic amines is 1. The highest BCUT2D eigenvalue weighted by atomic mass is 16.2. The molecule has 0 radical (unpaired) electrons. The first-order valence-electron chi connectivity index (χ1n) is 8.28. The van der Waals surface area contributed by atoms with Crippen molar-refractivity contribution in [3.8, 4) is 0 Å². The van der Waals surface area contributed by atoms with Crippen LogP contribution in [0, 0.1) is 5.41 Å². The first-order chi connectivity index (χ1) is 10.9. The molecular formula is C16H24N4O3. The summed E-state index contributed by atoms with van der Waals surface area (Å²) in [6.07, 6.45) is 6.09. The van der Waals surface area contributed by atoms with Crippen molar-refractivity contribution in [3.63, 3.8) is 0 Å². The highest BCUT2D eigenvalue weighted by Gasteiger charge is 2.51. The van der Waals surface area contributed by atoms with Crippen LogP contribution in [0.2, 0.25) is 0 Å². The first kappa shape index (κ1) is 16.0. The Morgan fingerprint density at radius 2 is 2.09 bits per heavy atom. The van der Waals surface area contributed by atoms with Crippen molar-refractivity contribution in [2.24, 2.45) is 5.41 Å². The standard InChI is InChI=1S/C16H24N4O3/c1-10(2)20-8-11(13(21)19-15(20)23)7-17-14(22)12-16(9-18-12)5-3-4-6-16/h8,10,12,18H,3-7,9H2,1-2H3,(H,17,22)(H,19,21,23). The van der Waals surface area contributed by atoms with E-state index >= 15 is 0 Å². The van der Waals surface area contributed by atoms with Gasteiger partial charge in [0.25, 0.3) is 5.56 Å². The van der Waals surface area contributed by atoms with Crippen LogP contribution >= 0.6 is 0 Å². The Morgan fingerprint density at radius 1 is 1.39 bits per heavy atom. The molecule has 7 nitrogen and oxygen atoms in total. The molecule has 1 aromatic heterocycles. The van der Waals surface area contributed by atoms with Crippen molar-refractivity contribution < 1.29 is 4.79 Å². The van der Waals surface area contributed by atoms with E-state index in [1.165, 1.54) is 23.6 Å². The molecule has 126 valence electrons. The lowest BCUT2D eigenvalue weighted by atomic mass is 9.71. The highest BCUT2D eigenvalue weighted by molar-refractivity contribution is 5.84. The summed E-state index contributed by atoms with van der Waals surface area (Å²) in [5.41, 5.74) is -0.353. The lowest BCUT2D eigenvalue weighted by Gasteiger charge is -2.47. The van der Waals surface area contributed by atoms with Gasteiger partial charge >= 0.3 is 5.69 Å². The number of nitrogens with zero attached hydrogens (tertiary/aromatic N) is 1. The average molecular weight is 320 g/mol. The Balaban J connectivity index is 1.69. The smallest absolute Gasteiger partial charge is 0.328 e. The van der Waals surface area contributed by atoms with Gasteiger partial charge < -0.3 is 10.6 Å². The van der Waals surface area contributed by atoms with E-state index in [9.17, 15) is 14.4 Å². The highest BCUT2D eigenvalue weighted by Crippen LogP contribution is 2.45. The molecule has 1 aliphatic heterocycles. The van der Waals surface area contributed by atoms with Gasteiger partial charge in [-0.05, 0) is 26.7 Å². The summed E-state index contributed by atoms with van der Waals surface area (Å²) in [7, 11) is 0. The fraction of sp³-hybridized carbons (Fsp3) is 0.688. The summed E-state index contributed by atoms with van der Waals surface area (Å²) in [5, 5.41) is 6.06. The second-order valence-electron chi connectivity index (χ2n) is 7.02. The third kappa shape index (κ3) is 2.85. The molecule has 3 rings (SSSR count). The number of amides is 1. The summed E-state index contributed by atoms with van der Waals surface area (Å²) >= 11 is 0. The number of H-pyrrole nitrogens is 1. The van der Waals surface area contributed by atoms with Crippen LogP contribution in [-0.4, -0.2) is 28.0 Å². The van der Waals surface area contributed by atoms with Gasteiger partial charge in [0, 0.05) is 30.7 Å². The van der Waals surface area contributed by atoms with Crippen molar-refractivity contribution in [3.05, 3.63) is 32.6 Å². The number of hydrogen-bond donors (Lipinski definition) is 3. The summed E-state index contributed by atoms with van der Waals surface area (Å²) in [6, 6.07) is -0.205. The van der Waals surface area contributed by atoms with Crippen molar-refractivity contribution in [1.82, 2.24) is 20.2 Å². The van der Waals surface area contributed by atoms with Gasteiger partial charge in [0.2, 0.25) is 5.91 Å². The van der Waals surface area contributed by atoms with Crippen molar-refractivity contribution in [1.29, 1.82) is 0 Å². The van der Waals surface area contributed by atoms with E-state index in [1.807, 2.05) is 13.8 Å². The molecule has 23 heavy (non-hydrogen) atoms. The number of carbonyl (C=O) groups is 1. The van der Waals surface area contributed by atoms with E-state index in [0.29, 0.717) is 5.56 Å². The summed E-state index contributed by atoms with van der Waals surface area (Å²) in [4.78, 5) is 38.3. The average Bonchev–Trinajstić information content (AvgIpc) is 2.96. The van der Waals surface area contributed by atoms with Gasteiger partial charge in [0.15, 0.2) is 0 Å². The van der Waals surface area contributed by atoms with Crippen LogP contribution < -0.4 is 21.9 Å². The van der Waals surface area contributed by atoms with Crippen LogP contribution in [-0.2, 0) is 11.3 Å². The van der Waals surface area contributed by atoms with Gasteiger partial charge in [-0.2, -0.15) is 0 Å². The lowest BCUT2D eigenvalue weighted by Crippen LogP contribution is -2.67. The minimum absolute atomic E-state index is 0.0520. The molecule has 1 unspecified atom stereocenters. The second kappa shape index (κ2) is 5.96. The molecule has 2 fully saturated rings. The van der Waals surface area contributed by atoms with Crippen LogP contribution in [0.25, 0.3) is 0 Å². The van der Waals surface area contributed by atoms with Crippen LogP contribution in [0.5, 0.6) is 0 Å². The molecule has 2 aliphatic rings. The molecular weight excluding hydrogens is 296 g/mol. The zero-order chi connectivity index (χ0) is 16.6. The third-order valence-electron chi connectivity index (χ3n) is 5.18. The quantitative estimate of drug-likeness (QED) is 0.742. The molecule has 0 aromatic carbocycles. The SMILES string of the molecule is CC(C)n1cc(CNC(=O)C2NCC23CCCC3)c(=O)[nH]c1=O. The van der Waals surface area contributed by atoms with Crippen molar-refractivity contribution >= 4 is 5.91 Å². The first-order valence-corrected chi connectivity index (χ1v) is 8.28. The molecule has 1 saturated carbocycles. The molecule has 1 amide bonds. The fourth-order valence-electron chi connectivity index (χ4n) is 3.73. The second-order valence-corrected chi connectivity index (χ2v) is 7.02. The minimum Gasteiger partial charge on any atom is -0.350 e. The van der Waals surface area contributed by atoms with Gasteiger partial charge in [0.05, 0.1) is 11.6 Å². The van der Waals surface area contributed by atoms with Crippen LogP contribution in [0.3, 0.4) is 0 Å². The Hall–Kier alpha value is -1.89. The zero-order valence-electron chi connectivity index (χ0n) is 13.6. The Morgan fingerprint density at radius 3 is 2.65 bits per heavy atom. The monoisotopic (exact) mass is 320 g/mol. The molecule has 3 N–H and O–H groups in total. The third-order valence-corrected chi connectivity index (χ3v) is 5.18. The Bertz CT molecular complexity index is 713.